The molecular formula is C17H24Cl2N2O3S. The van der Waals surface area contributed by atoms with Gasteiger partial charge in [-0.25, -0.2) is 8.42 Å². The number of benzene rings is 1. The van der Waals surface area contributed by atoms with Gasteiger partial charge in [-0.3, -0.25) is 4.79 Å². The zero-order valence-corrected chi connectivity index (χ0v) is 16.6. The third-order valence-corrected chi connectivity index (χ3v) is 6.22. The van der Waals surface area contributed by atoms with Crippen LogP contribution in [0.2, 0.25) is 5.02 Å². The molecule has 8 heteroatoms. The highest BCUT2D eigenvalue weighted by Gasteiger charge is 2.48. The van der Waals surface area contributed by atoms with E-state index in [1.54, 1.807) is 0 Å². The SMILES string of the molecule is CS(=O)(=O)CC1(CC(=O)N2CCNCC2c2cccc(Cl)c2)CC1.Cl. The molecule has 1 aromatic rings. The molecule has 2 fully saturated rings. The fourth-order valence-electron chi connectivity index (χ4n) is 3.54. The van der Waals surface area contributed by atoms with Gasteiger partial charge < -0.3 is 10.2 Å². The lowest BCUT2D eigenvalue weighted by Gasteiger charge is -2.37. The van der Waals surface area contributed by atoms with E-state index in [0.717, 1.165) is 24.9 Å². The Bertz CT molecular complexity index is 735. The van der Waals surface area contributed by atoms with Gasteiger partial charge >= 0.3 is 0 Å². The number of hydrogen-bond donors (Lipinski definition) is 1. The minimum absolute atomic E-state index is 0. The van der Waals surface area contributed by atoms with Crippen molar-refractivity contribution in [3.63, 3.8) is 0 Å². The molecule has 0 spiro atoms. The number of rotatable bonds is 5. The third-order valence-electron chi connectivity index (χ3n) is 4.85. The summed E-state index contributed by atoms with van der Waals surface area (Å²) < 4.78 is 23.2. The van der Waals surface area contributed by atoms with Gasteiger partial charge in [-0.15, -0.1) is 12.4 Å². The molecule has 1 unspecified atom stereocenters. The molecule has 0 aromatic heterocycles. The summed E-state index contributed by atoms with van der Waals surface area (Å²) in [5.41, 5.74) is 0.671. The Labute approximate surface area is 160 Å². The summed E-state index contributed by atoms with van der Waals surface area (Å²) in [5.74, 6) is 0.155. The van der Waals surface area contributed by atoms with Crippen LogP contribution in [0, 0.1) is 5.41 Å². The maximum absolute atomic E-state index is 12.9. The van der Waals surface area contributed by atoms with Crippen LogP contribution in [0.25, 0.3) is 0 Å². The Kier molecular flexibility index (Phi) is 6.41. The number of sulfone groups is 1. The molecule has 1 saturated carbocycles. The minimum Gasteiger partial charge on any atom is -0.333 e. The predicted octanol–water partition coefficient (Wildman–Crippen LogP) is 2.45. The lowest BCUT2D eigenvalue weighted by molar-refractivity contribution is -0.135. The molecule has 1 N–H and O–H groups in total. The van der Waals surface area contributed by atoms with Crippen molar-refractivity contribution in [2.75, 3.05) is 31.6 Å². The van der Waals surface area contributed by atoms with Gasteiger partial charge in [0.05, 0.1) is 11.8 Å². The second-order valence-corrected chi connectivity index (χ2v) is 9.69. The molecule has 1 aliphatic carbocycles. The standard InChI is InChI=1S/C17H23ClN2O3S.ClH/c1-24(22,23)12-17(5-6-17)10-16(21)20-8-7-19-11-15(20)13-3-2-4-14(18)9-13;/h2-4,9,15,19H,5-8,10-12H2,1H3;1H. The van der Waals surface area contributed by atoms with Gasteiger partial charge in [0.15, 0.2) is 0 Å². The second kappa shape index (κ2) is 7.82. The van der Waals surface area contributed by atoms with Crippen LogP contribution in [0.5, 0.6) is 0 Å². The van der Waals surface area contributed by atoms with E-state index in [9.17, 15) is 13.2 Å². The molecule has 1 aromatic carbocycles. The summed E-state index contributed by atoms with van der Waals surface area (Å²) in [7, 11) is -3.07. The largest absolute Gasteiger partial charge is 0.333 e. The van der Waals surface area contributed by atoms with E-state index in [4.69, 9.17) is 11.6 Å². The average Bonchev–Trinajstić information content (AvgIpc) is 3.24. The van der Waals surface area contributed by atoms with Gasteiger partial charge in [-0.1, -0.05) is 23.7 Å². The molecule has 0 bridgehead atoms. The molecular weight excluding hydrogens is 383 g/mol. The average molecular weight is 407 g/mol. The number of carbonyl (C=O) groups excluding carboxylic acids is 1. The predicted molar refractivity (Wildman–Crippen MR) is 102 cm³/mol. The number of carbonyl (C=O) groups is 1. The van der Waals surface area contributed by atoms with Gasteiger partial charge in [-0.2, -0.15) is 0 Å². The Morgan fingerprint density at radius 3 is 2.72 bits per heavy atom. The molecule has 25 heavy (non-hydrogen) atoms. The Morgan fingerprint density at radius 2 is 2.12 bits per heavy atom. The lowest BCUT2D eigenvalue weighted by Crippen LogP contribution is -2.49. The van der Waals surface area contributed by atoms with Crippen LogP contribution in [0.1, 0.15) is 30.9 Å². The first-order chi connectivity index (χ1) is 11.3. The summed E-state index contributed by atoms with van der Waals surface area (Å²) in [6.45, 7) is 2.07. The van der Waals surface area contributed by atoms with Crippen LogP contribution in [-0.4, -0.2) is 50.9 Å². The molecule has 1 heterocycles. The summed E-state index contributed by atoms with van der Waals surface area (Å²) in [4.78, 5) is 14.8. The van der Waals surface area contributed by atoms with Gasteiger partial charge in [-0.05, 0) is 36.0 Å². The van der Waals surface area contributed by atoms with E-state index in [2.05, 4.69) is 5.32 Å². The molecule has 5 nitrogen and oxygen atoms in total. The Morgan fingerprint density at radius 1 is 1.40 bits per heavy atom. The molecule has 1 saturated heterocycles. The van der Waals surface area contributed by atoms with Crippen LogP contribution < -0.4 is 5.32 Å². The summed E-state index contributed by atoms with van der Waals surface area (Å²) in [6, 6.07) is 7.52. The molecule has 1 aliphatic heterocycles. The number of nitrogens with zero attached hydrogens (tertiary/aromatic N) is 1. The van der Waals surface area contributed by atoms with Crippen molar-refractivity contribution in [1.82, 2.24) is 10.2 Å². The van der Waals surface area contributed by atoms with E-state index in [1.165, 1.54) is 6.26 Å². The zero-order valence-electron chi connectivity index (χ0n) is 14.2. The first kappa shape index (κ1) is 20.5. The van der Waals surface area contributed by atoms with Crippen molar-refractivity contribution in [2.45, 2.75) is 25.3 Å². The zero-order chi connectivity index (χ0) is 17.4. The van der Waals surface area contributed by atoms with E-state index in [0.29, 0.717) is 24.5 Å². The number of amides is 1. The van der Waals surface area contributed by atoms with Crippen molar-refractivity contribution in [1.29, 1.82) is 0 Å². The van der Waals surface area contributed by atoms with Crippen molar-refractivity contribution in [2.24, 2.45) is 5.41 Å². The normalized spacial score (nSPS) is 22.2. The maximum atomic E-state index is 12.9. The molecule has 1 atom stereocenters. The van der Waals surface area contributed by atoms with E-state index in [-0.39, 0.29) is 35.5 Å². The van der Waals surface area contributed by atoms with Gasteiger partial charge in [0, 0.05) is 37.3 Å². The highest BCUT2D eigenvalue weighted by molar-refractivity contribution is 7.90. The van der Waals surface area contributed by atoms with Gasteiger partial charge in [0.1, 0.15) is 9.84 Å². The lowest BCUT2D eigenvalue weighted by atomic mass is 9.99. The molecule has 0 radical (unpaired) electrons. The highest BCUT2D eigenvalue weighted by atomic mass is 35.5. The van der Waals surface area contributed by atoms with Gasteiger partial charge in [0.2, 0.25) is 5.91 Å². The van der Waals surface area contributed by atoms with Crippen LogP contribution in [-0.2, 0) is 14.6 Å². The van der Waals surface area contributed by atoms with Crippen LogP contribution in [0.15, 0.2) is 24.3 Å². The monoisotopic (exact) mass is 406 g/mol. The van der Waals surface area contributed by atoms with Crippen LogP contribution in [0.4, 0.5) is 0 Å². The summed E-state index contributed by atoms with van der Waals surface area (Å²) >= 11 is 6.09. The molecule has 1 amide bonds. The smallest absolute Gasteiger partial charge is 0.223 e. The fourth-order valence-corrected chi connectivity index (χ4v) is 5.24. The fraction of sp³-hybridized carbons (Fsp3) is 0.588. The third kappa shape index (κ3) is 5.33. The van der Waals surface area contributed by atoms with E-state index in [1.807, 2.05) is 29.2 Å². The van der Waals surface area contributed by atoms with Crippen LogP contribution in [0.3, 0.4) is 0 Å². The quantitative estimate of drug-likeness (QED) is 0.815. The summed E-state index contributed by atoms with van der Waals surface area (Å²) in [6.07, 6.45) is 3.20. The number of piperazine rings is 1. The Hall–Kier alpha value is -0.820. The van der Waals surface area contributed by atoms with E-state index < -0.39 is 9.84 Å². The van der Waals surface area contributed by atoms with Crippen molar-refractivity contribution < 1.29 is 13.2 Å². The minimum atomic E-state index is -3.07. The van der Waals surface area contributed by atoms with E-state index >= 15 is 0 Å². The Balaban J connectivity index is 0.00000225. The second-order valence-electron chi connectivity index (χ2n) is 7.11. The first-order valence-corrected chi connectivity index (χ1v) is 10.7. The summed E-state index contributed by atoms with van der Waals surface area (Å²) in [5, 5.41) is 3.98. The maximum Gasteiger partial charge on any atom is 0.223 e. The molecule has 3 rings (SSSR count). The highest BCUT2D eigenvalue weighted by Crippen LogP contribution is 2.50. The molecule has 140 valence electrons. The van der Waals surface area contributed by atoms with Crippen molar-refractivity contribution in [3.05, 3.63) is 34.9 Å². The number of hydrogen-bond acceptors (Lipinski definition) is 4. The first-order valence-electron chi connectivity index (χ1n) is 8.21. The van der Waals surface area contributed by atoms with Crippen molar-refractivity contribution >= 4 is 39.8 Å². The van der Waals surface area contributed by atoms with Gasteiger partial charge in [0.25, 0.3) is 0 Å². The number of halogens is 2. The van der Waals surface area contributed by atoms with Crippen molar-refractivity contribution in [3.8, 4) is 0 Å². The molecule has 2 aliphatic rings. The number of nitrogens with one attached hydrogen (secondary N) is 1. The topological polar surface area (TPSA) is 66.5 Å². The van der Waals surface area contributed by atoms with Crippen LogP contribution >= 0.6 is 24.0 Å².